The highest BCUT2D eigenvalue weighted by Gasteiger charge is 2.29. The Morgan fingerprint density at radius 3 is 1.93 bits per heavy atom. The molecule has 0 spiro atoms. The van der Waals surface area contributed by atoms with Crippen molar-refractivity contribution in [2.45, 2.75) is 57.0 Å². The highest BCUT2D eigenvalue weighted by atomic mass is 32.2. The second-order valence-corrected chi connectivity index (χ2v) is 7.32. The molecule has 12 nitrogen and oxygen atoms in total. The van der Waals surface area contributed by atoms with Gasteiger partial charge in [0.25, 0.3) is 0 Å². The molecule has 0 fully saturated rings. The molecule has 0 aromatic heterocycles. The lowest BCUT2D eigenvalue weighted by Gasteiger charge is -2.23. The number of rotatable bonds is 13. The summed E-state index contributed by atoms with van der Waals surface area (Å²) < 4.78 is 0. The van der Waals surface area contributed by atoms with Crippen molar-refractivity contribution in [2.24, 2.45) is 5.73 Å². The highest BCUT2D eigenvalue weighted by molar-refractivity contribution is 7.98. The SMILES string of the molecule is CSCCC(NC(=O)C(N)C(C)O)C(=O)NC(C)C(=O)NC(CC(=O)O)C(=O)O. The summed E-state index contributed by atoms with van der Waals surface area (Å²) >= 11 is 1.42. The molecule has 0 saturated heterocycles. The molecule has 0 rings (SSSR count). The lowest BCUT2D eigenvalue weighted by Crippen LogP contribution is -2.57. The first-order valence-electron chi connectivity index (χ1n) is 8.69. The molecule has 8 N–H and O–H groups in total. The first-order chi connectivity index (χ1) is 13.4. The van der Waals surface area contributed by atoms with Crippen molar-refractivity contribution in [3.63, 3.8) is 0 Å². The number of carboxylic acids is 2. The molecule has 166 valence electrons. The highest BCUT2D eigenvalue weighted by Crippen LogP contribution is 2.03. The minimum atomic E-state index is -1.66. The van der Waals surface area contributed by atoms with Crippen LogP contribution in [0.25, 0.3) is 0 Å². The number of aliphatic hydroxyl groups is 1. The number of hydrogen-bond acceptors (Lipinski definition) is 8. The topological polar surface area (TPSA) is 208 Å². The smallest absolute Gasteiger partial charge is 0.326 e. The van der Waals surface area contributed by atoms with Gasteiger partial charge in [-0.25, -0.2) is 4.79 Å². The lowest BCUT2D eigenvalue weighted by atomic mass is 10.1. The van der Waals surface area contributed by atoms with Gasteiger partial charge < -0.3 is 37.0 Å². The fraction of sp³-hybridized carbons (Fsp3) is 0.688. The third kappa shape index (κ3) is 10.1. The van der Waals surface area contributed by atoms with E-state index in [9.17, 15) is 29.1 Å². The number of carbonyl (C=O) groups is 5. The van der Waals surface area contributed by atoms with Crippen LogP contribution in [-0.2, 0) is 24.0 Å². The number of aliphatic carboxylic acids is 2. The van der Waals surface area contributed by atoms with Crippen LogP contribution in [0.15, 0.2) is 0 Å². The average Bonchev–Trinajstić information content (AvgIpc) is 2.62. The van der Waals surface area contributed by atoms with Crippen LogP contribution in [0.1, 0.15) is 26.7 Å². The Labute approximate surface area is 172 Å². The van der Waals surface area contributed by atoms with Crippen LogP contribution in [0.5, 0.6) is 0 Å². The number of hydrogen-bond donors (Lipinski definition) is 7. The van der Waals surface area contributed by atoms with Crippen molar-refractivity contribution in [3.8, 4) is 0 Å². The van der Waals surface area contributed by atoms with Crippen molar-refractivity contribution >= 4 is 41.4 Å². The maximum absolute atomic E-state index is 12.5. The van der Waals surface area contributed by atoms with Crippen LogP contribution in [0.2, 0.25) is 0 Å². The number of carbonyl (C=O) groups excluding carboxylic acids is 3. The monoisotopic (exact) mass is 436 g/mol. The van der Waals surface area contributed by atoms with E-state index in [-0.39, 0.29) is 6.42 Å². The van der Waals surface area contributed by atoms with Gasteiger partial charge in [0.15, 0.2) is 0 Å². The van der Waals surface area contributed by atoms with Gasteiger partial charge in [-0.1, -0.05) is 0 Å². The van der Waals surface area contributed by atoms with Crippen molar-refractivity contribution in [3.05, 3.63) is 0 Å². The van der Waals surface area contributed by atoms with Crippen molar-refractivity contribution in [2.75, 3.05) is 12.0 Å². The van der Waals surface area contributed by atoms with E-state index < -0.39 is 66.4 Å². The van der Waals surface area contributed by atoms with Crippen molar-refractivity contribution < 1.29 is 39.3 Å². The molecule has 0 aliphatic carbocycles. The molecular formula is C16H28N4O8S. The van der Waals surface area contributed by atoms with Crippen LogP contribution in [0.4, 0.5) is 0 Å². The van der Waals surface area contributed by atoms with Gasteiger partial charge in [-0.15, -0.1) is 0 Å². The van der Waals surface area contributed by atoms with Crippen molar-refractivity contribution in [1.29, 1.82) is 0 Å². The molecule has 0 bridgehead atoms. The Bertz CT molecular complexity index is 616. The summed E-state index contributed by atoms with van der Waals surface area (Å²) in [7, 11) is 0. The van der Waals surface area contributed by atoms with Crippen LogP contribution < -0.4 is 21.7 Å². The van der Waals surface area contributed by atoms with Gasteiger partial charge in [-0.3, -0.25) is 19.2 Å². The number of amides is 3. The molecule has 0 heterocycles. The summed E-state index contributed by atoms with van der Waals surface area (Å²) in [6.45, 7) is 2.60. The third-order valence-corrected chi connectivity index (χ3v) is 4.46. The van der Waals surface area contributed by atoms with Crippen molar-refractivity contribution in [1.82, 2.24) is 16.0 Å². The van der Waals surface area contributed by atoms with Crippen LogP contribution >= 0.6 is 11.8 Å². The van der Waals surface area contributed by atoms with Gasteiger partial charge in [0.1, 0.15) is 24.2 Å². The minimum absolute atomic E-state index is 0.219. The van der Waals surface area contributed by atoms with Gasteiger partial charge in [-0.2, -0.15) is 11.8 Å². The van der Waals surface area contributed by atoms with E-state index in [4.69, 9.17) is 15.9 Å². The fourth-order valence-electron chi connectivity index (χ4n) is 2.04. The van der Waals surface area contributed by atoms with Crippen LogP contribution in [-0.4, -0.2) is 87.3 Å². The van der Waals surface area contributed by atoms with E-state index >= 15 is 0 Å². The number of carboxylic acid groups (broad SMARTS) is 2. The lowest BCUT2D eigenvalue weighted by molar-refractivity contribution is -0.147. The molecule has 29 heavy (non-hydrogen) atoms. The third-order valence-electron chi connectivity index (χ3n) is 3.81. The van der Waals surface area contributed by atoms with Gasteiger partial charge >= 0.3 is 11.9 Å². The van der Waals surface area contributed by atoms with E-state index in [1.807, 2.05) is 5.32 Å². The summed E-state index contributed by atoms with van der Waals surface area (Å²) in [6.07, 6.45) is 0.0520. The van der Waals surface area contributed by atoms with Crippen LogP contribution in [0.3, 0.4) is 0 Å². The Hall–Kier alpha value is -2.38. The summed E-state index contributed by atoms with van der Waals surface area (Å²) in [5, 5.41) is 33.8. The molecule has 3 amide bonds. The van der Waals surface area contributed by atoms with E-state index in [1.165, 1.54) is 25.6 Å². The maximum Gasteiger partial charge on any atom is 0.326 e. The summed E-state index contributed by atoms with van der Waals surface area (Å²) in [5.74, 6) is -4.80. The van der Waals surface area contributed by atoms with Gasteiger partial charge in [-0.05, 0) is 32.3 Å². The van der Waals surface area contributed by atoms with Gasteiger partial charge in [0.05, 0.1) is 12.5 Å². The Morgan fingerprint density at radius 1 is 0.931 bits per heavy atom. The molecular weight excluding hydrogens is 408 g/mol. The average molecular weight is 436 g/mol. The van der Waals surface area contributed by atoms with Gasteiger partial charge in [0.2, 0.25) is 17.7 Å². The molecule has 0 aromatic rings. The van der Waals surface area contributed by atoms with E-state index in [1.54, 1.807) is 6.26 Å². The quantitative estimate of drug-likeness (QED) is 0.161. The standard InChI is InChI=1S/C16H28N4O8S/c1-7(13(24)20-10(16(27)28)6-11(22)23)18-14(25)9(4-5-29-3)19-15(26)12(17)8(2)21/h7-10,12,21H,4-6,17H2,1-3H3,(H,18,25)(H,19,26)(H,20,24)(H,22,23)(H,27,28). The largest absolute Gasteiger partial charge is 0.481 e. The molecule has 0 aromatic carbocycles. The first-order valence-corrected chi connectivity index (χ1v) is 10.1. The molecule has 0 saturated carbocycles. The predicted molar refractivity (Wildman–Crippen MR) is 104 cm³/mol. The molecule has 5 unspecified atom stereocenters. The molecule has 0 radical (unpaired) electrons. The van der Waals surface area contributed by atoms with Crippen LogP contribution in [0, 0.1) is 0 Å². The predicted octanol–water partition coefficient (Wildman–Crippen LogP) is -2.52. The summed E-state index contributed by atoms with van der Waals surface area (Å²) in [5.41, 5.74) is 5.54. The first kappa shape index (κ1) is 26.6. The second kappa shape index (κ2) is 13.0. The number of nitrogens with one attached hydrogen (secondary N) is 3. The zero-order valence-corrected chi connectivity index (χ0v) is 17.2. The maximum atomic E-state index is 12.5. The fourth-order valence-corrected chi connectivity index (χ4v) is 2.51. The molecule has 5 atom stereocenters. The zero-order valence-electron chi connectivity index (χ0n) is 16.4. The Morgan fingerprint density at radius 2 is 1.48 bits per heavy atom. The zero-order chi connectivity index (χ0) is 22.7. The summed E-state index contributed by atoms with van der Waals surface area (Å²) in [6, 6.07) is -5.13. The molecule has 0 aliphatic rings. The van der Waals surface area contributed by atoms with Gasteiger partial charge in [0, 0.05) is 0 Å². The second-order valence-electron chi connectivity index (χ2n) is 6.34. The molecule has 13 heteroatoms. The Balaban J connectivity index is 5.03. The molecule has 0 aliphatic heterocycles. The van der Waals surface area contributed by atoms with E-state index in [0.29, 0.717) is 5.75 Å². The Kier molecular flexibility index (Phi) is 11.9. The summed E-state index contributed by atoms with van der Waals surface area (Å²) in [4.78, 5) is 58.3. The van der Waals surface area contributed by atoms with E-state index in [0.717, 1.165) is 0 Å². The van der Waals surface area contributed by atoms with E-state index in [2.05, 4.69) is 10.6 Å². The number of nitrogens with two attached hydrogens (primary N) is 1. The number of thioether (sulfide) groups is 1. The minimum Gasteiger partial charge on any atom is -0.481 e. The number of aliphatic hydroxyl groups excluding tert-OH is 1. The normalized spacial score (nSPS) is 15.9.